The molecule has 0 radical (unpaired) electrons. The van der Waals surface area contributed by atoms with Crippen molar-refractivity contribution in [3.63, 3.8) is 0 Å². The van der Waals surface area contributed by atoms with Crippen molar-refractivity contribution in [2.75, 3.05) is 65.8 Å². The van der Waals surface area contributed by atoms with E-state index in [1.807, 2.05) is 6.92 Å². The minimum Gasteiger partial charge on any atom is -0.396 e. The molecule has 75 heavy (non-hydrogen) atoms. The van der Waals surface area contributed by atoms with Gasteiger partial charge in [-0.3, -0.25) is 67.4 Å². The van der Waals surface area contributed by atoms with E-state index in [1.165, 1.54) is 34.1 Å². The Hall–Kier alpha value is -7.55. The Bertz CT molecular complexity index is 3010. The summed E-state index contributed by atoms with van der Waals surface area (Å²) in [6.07, 6.45) is 8.64. The normalized spacial score (nSPS) is 15.4. The maximum absolute atomic E-state index is 13.8. The Kier molecular flexibility index (Phi) is 16.0. The van der Waals surface area contributed by atoms with Gasteiger partial charge in [0.05, 0.1) is 45.2 Å². The lowest BCUT2D eigenvalue weighted by atomic mass is 9.85. The van der Waals surface area contributed by atoms with E-state index in [0.717, 1.165) is 35.5 Å². The molecule has 0 bridgehead atoms. The third-order valence-corrected chi connectivity index (χ3v) is 14.5. The number of aromatic nitrogens is 3. The van der Waals surface area contributed by atoms with Crippen LogP contribution in [0.3, 0.4) is 0 Å². The number of ether oxygens (including phenoxy) is 2. The average Bonchev–Trinajstić information content (AvgIpc) is 3.90. The highest BCUT2D eigenvalue weighted by atomic mass is 16.5. The summed E-state index contributed by atoms with van der Waals surface area (Å²) < 4.78 is 13.2. The number of nitrogens with one attached hydrogen (secondary N) is 1. The summed E-state index contributed by atoms with van der Waals surface area (Å²) in [7, 11) is 0. The predicted octanol–water partition coefficient (Wildman–Crippen LogP) is 5.22. The second-order valence-electron chi connectivity index (χ2n) is 19.3. The number of amides is 9. The average molecular weight is 1030 g/mol. The molecule has 0 saturated carbocycles. The van der Waals surface area contributed by atoms with Crippen LogP contribution in [0, 0.1) is 5.92 Å². The van der Waals surface area contributed by atoms with Gasteiger partial charge in [0.1, 0.15) is 0 Å². The number of carbonyl (C=O) groups excluding carboxylic acids is 9. The minimum absolute atomic E-state index is 0.0121. The van der Waals surface area contributed by atoms with E-state index in [0.29, 0.717) is 79.3 Å². The number of hydrogen-bond donors (Lipinski definition) is 2. The molecule has 0 aliphatic carbocycles. The van der Waals surface area contributed by atoms with Crippen LogP contribution in [-0.2, 0) is 27.2 Å². The molecule has 1 aromatic heterocycles. The van der Waals surface area contributed by atoms with Gasteiger partial charge in [0.2, 0.25) is 5.91 Å². The molecule has 1 unspecified atom stereocenters. The lowest BCUT2D eigenvalue weighted by molar-refractivity contribution is -0.121. The molecular weight excluding hydrogens is 965 g/mol. The van der Waals surface area contributed by atoms with Crippen molar-refractivity contribution in [3.05, 3.63) is 105 Å². The van der Waals surface area contributed by atoms with Gasteiger partial charge in [-0.05, 0) is 86.6 Å². The number of rotatable bonds is 27. The van der Waals surface area contributed by atoms with Crippen LogP contribution in [0.1, 0.15) is 160 Å². The summed E-state index contributed by atoms with van der Waals surface area (Å²) in [6, 6.07) is 12.3. The first-order chi connectivity index (χ1) is 36.4. The Morgan fingerprint density at radius 2 is 0.973 bits per heavy atom. The molecule has 1 atom stereocenters. The maximum atomic E-state index is 13.8. The van der Waals surface area contributed by atoms with E-state index in [2.05, 4.69) is 22.6 Å². The highest BCUT2D eigenvalue weighted by Gasteiger charge is 2.42. The third kappa shape index (κ3) is 10.2. The van der Waals surface area contributed by atoms with Crippen LogP contribution in [0.15, 0.2) is 54.7 Å². The molecular formula is C55H60N8O12. The van der Waals surface area contributed by atoms with Gasteiger partial charge in [-0.15, -0.1) is 5.10 Å². The molecule has 4 aromatic carbocycles. The number of hydrogen-bond acceptors (Lipinski definition) is 14. The Balaban J connectivity index is 0.727. The van der Waals surface area contributed by atoms with Gasteiger partial charge in [-0.25, -0.2) is 0 Å². The van der Waals surface area contributed by atoms with E-state index >= 15 is 0 Å². The molecule has 9 amide bonds. The van der Waals surface area contributed by atoms with Crippen molar-refractivity contribution in [3.8, 4) is 0 Å². The smallest absolute Gasteiger partial charge is 0.261 e. The zero-order valence-electron chi connectivity index (χ0n) is 42.2. The summed E-state index contributed by atoms with van der Waals surface area (Å²) in [5, 5.41) is 21.1. The monoisotopic (exact) mass is 1020 g/mol. The summed E-state index contributed by atoms with van der Waals surface area (Å²) in [4.78, 5) is 127. The first kappa shape index (κ1) is 52.3. The van der Waals surface area contributed by atoms with Crippen molar-refractivity contribution in [2.45, 2.75) is 84.6 Å². The fraction of sp³-hybridized carbons (Fsp3) is 0.436. The Labute approximate surface area is 432 Å². The topological polar surface area (TPSA) is 248 Å². The highest BCUT2D eigenvalue weighted by Crippen LogP contribution is 2.40. The van der Waals surface area contributed by atoms with Crippen molar-refractivity contribution in [1.29, 1.82) is 0 Å². The maximum Gasteiger partial charge on any atom is 0.261 e. The van der Waals surface area contributed by atoms with Crippen molar-refractivity contribution >= 4 is 74.7 Å². The molecule has 9 rings (SSSR count). The molecule has 5 aromatic rings. The quantitative estimate of drug-likeness (QED) is 0.0506. The lowest BCUT2D eigenvalue weighted by Crippen LogP contribution is -2.45. The fourth-order valence-electron chi connectivity index (χ4n) is 10.5. The van der Waals surface area contributed by atoms with Crippen LogP contribution >= 0.6 is 0 Å². The third-order valence-electron chi connectivity index (χ3n) is 14.5. The van der Waals surface area contributed by atoms with E-state index in [1.54, 1.807) is 35.1 Å². The first-order valence-corrected chi connectivity index (χ1v) is 25.9. The summed E-state index contributed by atoms with van der Waals surface area (Å²) in [6.45, 7) is 5.56. The molecule has 4 aliphatic heterocycles. The number of aliphatic hydroxyl groups excluding tert-OH is 1. The van der Waals surface area contributed by atoms with Gasteiger partial charge in [0, 0.05) is 118 Å². The van der Waals surface area contributed by atoms with E-state index in [-0.39, 0.29) is 115 Å². The van der Waals surface area contributed by atoms with Gasteiger partial charge in [0.15, 0.2) is 0 Å². The van der Waals surface area contributed by atoms with Crippen molar-refractivity contribution in [2.24, 2.45) is 5.92 Å². The SMILES string of the molecule is CCCCC(CC)CN1C(=O)c2ccc3c4c(ccc(c24)C1=O)C(=O)N(CCOCCOCCN1C(=O)c2ccc4c5c(ccc(c25)C1=O)C(=O)N(CCCCCn1cc(CCC(=O)NCCCO)nn1)C4=O)C3=O. The molecule has 0 saturated heterocycles. The van der Waals surface area contributed by atoms with Crippen molar-refractivity contribution in [1.82, 2.24) is 39.9 Å². The molecule has 0 fully saturated rings. The Morgan fingerprint density at radius 1 is 0.547 bits per heavy atom. The van der Waals surface area contributed by atoms with Crippen LogP contribution in [0.4, 0.5) is 0 Å². The standard InChI is InChI=1S/C55H60N8O12/c1-3-5-10-33(4-2)31-63-54(72)41-18-16-39-46-40(17-19-42(47(41)46)55(63)73)53(71)62(52(39)70)25-28-75-30-29-74-27-24-61-50(68)37-14-12-35-44-36(13-15-38(45(37)44)51(61)69)49(67)60(48(35)66)23-8-6-7-22-59-32-34(57-58-59)11-20-43(65)56-21-9-26-64/h12-19,32-33,64H,3-11,20-31H2,1-2H3,(H,56,65). The number of imide groups is 4. The molecule has 392 valence electrons. The molecule has 20 nitrogen and oxygen atoms in total. The summed E-state index contributed by atoms with van der Waals surface area (Å²) in [5.41, 5.74) is 2.57. The first-order valence-electron chi connectivity index (χ1n) is 25.9. The highest BCUT2D eigenvalue weighted by molar-refractivity contribution is 6.34. The van der Waals surface area contributed by atoms with Gasteiger partial charge < -0.3 is 19.9 Å². The summed E-state index contributed by atoms with van der Waals surface area (Å²) in [5.74, 6) is -4.11. The van der Waals surface area contributed by atoms with E-state index < -0.39 is 47.3 Å². The lowest BCUT2D eigenvalue weighted by Gasteiger charge is -2.33. The molecule has 0 spiro atoms. The number of carbonyl (C=O) groups is 9. The number of aryl methyl sites for hydroxylation is 2. The van der Waals surface area contributed by atoms with Gasteiger partial charge in [0.25, 0.3) is 47.3 Å². The zero-order valence-corrected chi connectivity index (χ0v) is 42.2. The second-order valence-corrected chi connectivity index (χ2v) is 19.3. The van der Waals surface area contributed by atoms with Crippen LogP contribution in [-0.4, -0.2) is 159 Å². The Morgan fingerprint density at radius 3 is 1.40 bits per heavy atom. The zero-order chi connectivity index (χ0) is 52.9. The minimum atomic E-state index is -0.585. The van der Waals surface area contributed by atoms with Crippen LogP contribution < -0.4 is 5.32 Å². The van der Waals surface area contributed by atoms with Gasteiger partial charge >= 0.3 is 0 Å². The largest absolute Gasteiger partial charge is 0.396 e. The molecule has 20 heteroatoms. The van der Waals surface area contributed by atoms with Crippen molar-refractivity contribution < 1.29 is 57.7 Å². The van der Waals surface area contributed by atoms with Gasteiger partial charge in [-0.2, -0.15) is 0 Å². The van der Waals surface area contributed by atoms with Crippen LogP contribution in [0.2, 0.25) is 0 Å². The second kappa shape index (κ2) is 22.9. The number of nitrogens with zero attached hydrogens (tertiary/aromatic N) is 7. The van der Waals surface area contributed by atoms with E-state index in [4.69, 9.17) is 14.6 Å². The number of unbranched alkanes of at least 4 members (excludes halogenated alkanes) is 3. The summed E-state index contributed by atoms with van der Waals surface area (Å²) >= 11 is 0. The number of aliphatic hydroxyl groups is 1. The van der Waals surface area contributed by atoms with Gasteiger partial charge in [-0.1, -0.05) is 38.3 Å². The van der Waals surface area contributed by atoms with Crippen LogP contribution in [0.25, 0.3) is 21.5 Å². The molecule has 5 heterocycles. The predicted molar refractivity (Wildman–Crippen MR) is 271 cm³/mol. The fourth-order valence-corrected chi connectivity index (χ4v) is 10.5. The van der Waals surface area contributed by atoms with Crippen LogP contribution in [0.5, 0.6) is 0 Å². The molecule has 2 N–H and O–H groups in total. The molecule has 4 aliphatic rings. The number of benzene rings is 4. The van der Waals surface area contributed by atoms with E-state index in [9.17, 15) is 43.2 Å².